The lowest BCUT2D eigenvalue weighted by Crippen LogP contribution is -2.50. The zero-order valence-corrected chi connectivity index (χ0v) is 13.0. The maximum Gasteiger partial charge on any atom is 0.208 e. The van der Waals surface area contributed by atoms with Gasteiger partial charge in [0.05, 0.1) is 12.2 Å². The highest BCUT2D eigenvalue weighted by Crippen LogP contribution is 2.25. The van der Waals surface area contributed by atoms with Gasteiger partial charge in [0.2, 0.25) is 5.89 Å². The lowest BCUT2D eigenvalue weighted by Gasteiger charge is -2.39. The van der Waals surface area contributed by atoms with E-state index in [1.54, 1.807) is 0 Å². The van der Waals surface area contributed by atoms with Crippen molar-refractivity contribution < 1.29 is 4.42 Å². The van der Waals surface area contributed by atoms with Crippen molar-refractivity contribution in [3.8, 4) is 0 Å². The second-order valence-electron chi connectivity index (χ2n) is 5.91. The van der Waals surface area contributed by atoms with Crippen molar-refractivity contribution in [1.82, 2.24) is 15.2 Å². The Kier molecular flexibility index (Phi) is 4.08. The summed E-state index contributed by atoms with van der Waals surface area (Å²) in [5.74, 6) is 1.74. The molecule has 0 spiro atoms. The highest BCUT2D eigenvalue weighted by molar-refractivity contribution is 5.20. The molecular weight excluding hydrogens is 262 g/mol. The zero-order chi connectivity index (χ0) is 14.8. The summed E-state index contributed by atoms with van der Waals surface area (Å²) < 4.78 is 5.76. The van der Waals surface area contributed by atoms with Crippen molar-refractivity contribution in [2.75, 3.05) is 13.1 Å². The van der Waals surface area contributed by atoms with Gasteiger partial charge in [-0.3, -0.25) is 4.90 Å². The van der Waals surface area contributed by atoms with Crippen molar-refractivity contribution in [3.63, 3.8) is 0 Å². The van der Waals surface area contributed by atoms with Gasteiger partial charge >= 0.3 is 0 Å². The molecule has 1 aromatic heterocycles. The Morgan fingerprint density at radius 1 is 1.29 bits per heavy atom. The van der Waals surface area contributed by atoms with Gasteiger partial charge in [-0.2, -0.15) is 0 Å². The molecule has 2 unspecified atom stereocenters. The van der Waals surface area contributed by atoms with E-state index in [0.29, 0.717) is 12.1 Å². The van der Waals surface area contributed by atoms with Crippen LogP contribution in [0.3, 0.4) is 0 Å². The van der Waals surface area contributed by atoms with E-state index in [4.69, 9.17) is 4.42 Å². The number of hydrogen-bond donors (Lipinski definition) is 1. The molecule has 0 amide bonds. The minimum atomic E-state index is 0.370. The molecule has 4 heteroatoms. The quantitative estimate of drug-likeness (QED) is 0.941. The van der Waals surface area contributed by atoms with Crippen LogP contribution in [0.1, 0.15) is 35.9 Å². The molecule has 1 aliphatic heterocycles. The molecule has 1 aromatic carbocycles. The van der Waals surface area contributed by atoms with Crippen LogP contribution in [-0.4, -0.2) is 29.0 Å². The molecule has 112 valence electrons. The predicted molar refractivity (Wildman–Crippen MR) is 83.0 cm³/mol. The second-order valence-corrected chi connectivity index (χ2v) is 5.91. The average molecular weight is 285 g/mol. The summed E-state index contributed by atoms with van der Waals surface area (Å²) in [6.45, 7) is 8.92. The Labute approximate surface area is 126 Å². The molecule has 0 aliphatic carbocycles. The number of aromatic nitrogens is 1. The number of hydrogen-bond acceptors (Lipinski definition) is 4. The van der Waals surface area contributed by atoms with E-state index in [1.165, 1.54) is 5.56 Å². The van der Waals surface area contributed by atoms with Crippen LogP contribution in [0, 0.1) is 13.8 Å². The maximum absolute atomic E-state index is 5.76. The summed E-state index contributed by atoms with van der Waals surface area (Å²) in [7, 11) is 0. The first-order valence-electron chi connectivity index (χ1n) is 7.59. The zero-order valence-electron chi connectivity index (χ0n) is 13.0. The van der Waals surface area contributed by atoms with E-state index < -0.39 is 0 Å². The molecule has 0 bridgehead atoms. The average Bonchev–Trinajstić information content (AvgIpc) is 2.78. The van der Waals surface area contributed by atoms with Crippen molar-refractivity contribution in [2.45, 2.75) is 39.4 Å². The summed E-state index contributed by atoms with van der Waals surface area (Å²) in [5.41, 5.74) is 2.33. The third-order valence-electron chi connectivity index (χ3n) is 4.20. The largest absolute Gasteiger partial charge is 0.444 e. The minimum Gasteiger partial charge on any atom is -0.444 e. The molecule has 4 nitrogen and oxygen atoms in total. The second kappa shape index (κ2) is 6.00. The first-order valence-corrected chi connectivity index (χ1v) is 7.59. The summed E-state index contributed by atoms with van der Waals surface area (Å²) >= 11 is 0. The number of rotatable bonds is 3. The highest BCUT2D eigenvalue weighted by atomic mass is 16.4. The van der Waals surface area contributed by atoms with Crippen LogP contribution < -0.4 is 5.32 Å². The molecule has 2 atom stereocenters. The van der Waals surface area contributed by atoms with Crippen LogP contribution in [-0.2, 0) is 6.54 Å². The lowest BCUT2D eigenvalue weighted by molar-refractivity contribution is 0.116. The topological polar surface area (TPSA) is 41.3 Å². The van der Waals surface area contributed by atoms with Gasteiger partial charge in [0, 0.05) is 25.2 Å². The molecule has 1 N–H and O–H groups in total. The van der Waals surface area contributed by atoms with Gasteiger partial charge in [-0.25, -0.2) is 4.98 Å². The van der Waals surface area contributed by atoms with Crippen molar-refractivity contribution in [1.29, 1.82) is 0 Å². The molecular formula is C17H23N3O. The fraction of sp³-hybridized carbons (Fsp3) is 0.471. The lowest BCUT2D eigenvalue weighted by atomic mass is 10.0. The van der Waals surface area contributed by atoms with Crippen LogP contribution >= 0.6 is 0 Å². The number of oxazole rings is 1. The summed E-state index contributed by atoms with van der Waals surface area (Å²) in [4.78, 5) is 6.99. The van der Waals surface area contributed by atoms with E-state index in [2.05, 4.69) is 52.5 Å². The molecule has 0 saturated carbocycles. The van der Waals surface area contributed by atoms with Gasteiger partial charge in [-0.05, 0) is 26.3 Å². The number of piperazine rings is 1. The summed E-state index contributed by atoms with van der Waals surface area (Å²) in [5, 5.41) is 3.57. The van der Waals surface area contributed by atoms with E-state index >= 15 is 0 Å². The third-order valence-corrected chi connectivity index (χ3v) is 4.20. The smallest absolute Gasteiger partial charge is 0.208 e. The SMILES string of the molecule is Cc1nc(CN2CC(C)NCC2c2ccccc2)oc1C. The normalized spacial score (nSPS) is 23.4. The Morgan fingerprint density at radius 2 is 2.05 bits per heavy atom. The van der Waals surface area contributed by atoms with E-state index in [0.717, 1.165) is 37.0 Å². The third kappa shape index (κ3) is 3.17. The Balaban J connectivity index is 1.81. The number of benzene rings is 1. The van der Waals surface area contributed by atoms with Gasteiger partial charge < -0.3 is 9.73 Å². The maximum atomic E-state index is 5.76. The van der Waals surface area contributed by atoms with Crippen LogP contribution in [0.2, 0.25) is 0 Å². The Bertz CT molecular complexity index is 574. The standard InChI is InChI=1S/C17H23N3O/c1-12-10-20(11-17-19-13(2)14(3)21-17)16(9-18-12)15-7-5-4-6-8-15/h4-8,12,16,18H,9-11H2,1-3H3. The van der Waals surface area contributed by atoms with Gasteiger partial charge in [0.1, 0.15) is 5.76 Å². The highest BCUT2D eigenvalue weighted by Gasteiger charge is 2.28. The van der Waals surface area contributed by atoms with Crippen molar-refractivity contribution >= 4 is 0 Å². The first kappa shape index (κ1) is 14.3. The number of aryl methyl sites for hydroxylation is 2. The first-order chi connectivity index (χ1) is 10.1. The fourth-order valence-corrected chi connectivity index (χ4v) is 2.94. The predicted octanol–water partition coefficient (Wildman–Crippen LogP) is 2.83. The number of nitrogens with one attached hydrogen (secondary N) is 1. The van der Waals surface area contributed by atoms with Gasteiger partial charge in [0.25, 0.3) is 0 Å². The molecule has 1 fully saturated rings. The summed E-state index contributed by atoms with van der Waals surface area (Å²) in [6.07, 6.45) is 0. The minimum absolute atomic E-state index is 0.370. The van der Waals surface area contributed by atoms with Gasteiger partial charge in [-0.15, -0.1) is 0 Å². The van der Waals surface area contributed by atoms with Crippen molar-refractivity contribution in [2.24, 2.45) is 0 Å². The number of nitrogens with zero attached hydrogens (tertiary/aromatic N) is 2. The molecule has 0 radical (unpaired) electrons. The van der Waals surface area contributed by atoms with Crippen LogP contribution in [0.4, 0.5) is 0 Å². The molecule has 3 rings (SSSR count). The van der Waals surface area contributed by atoms with E-state index in [9.17, 15) is 0 Å². The van der Waals surface area contributed by atoms with E-state index in [1.807, 2.05) is 13.8 Å². The monoisotopic (exact) mass is 285 g/mol. The van der Waals surface area contributed by atoms with Crippen LogP contribution in [0.5, 0.6) is 0 Å². The van der Waals surface area contributed by atoms with Crippen LogP contribution in [0.15, 0.2) is 34.7 Å². The Hall–Kier alpha value is -1.65. The molecule has 1 saturated heterocycles. The Morgan fingerprint density at radius 3 is 2.71 bits per heavy atom. The summed E-state index contributed by atoms with van der Waals surface area (Å²) in [6, 6.07) is 11.5. The molecule has 2 heterocycles. The van der Waals surface area contributed by atoms with Crippen LogP contribution in [0.25, 0.3) is 0 Å². The van der Waals surface area contributed by atoms with Gasteiger partial charge in [-0.1, -0.05) is 30.3 Å². The van der Waals surface area contributed by atoms with Crippen molar-refractivity contribution in [3.05, 3.63) is 53.2 Å². The molecule has 21 heavy (non-hydrogen) atoms. The fourth-order valence-electron chi connectivity index (χ4n) is 2.94. The molecule has 2 aromatic rings. The van der Waals surface area contributed by atoms with Gasteiger partial charge in [0.15, 0.2) is 0 Å². The van der Waals surface area contributed by atoms with E-state index in [-0.39, 0.29) is 0 Å². The molecule has 1 aliphatic rings.